The van der Waals surface area contributed by atoms with Crippen molar-refractivity contribution in [3.8, 4) is 5.75 Å². The molecule has 2 rings (SSSR count). The highest BCUT2D eigenvalue weighted by Gasteiger charge is 2.43. The molecule has 0 saturated carbocycles. The summed E-state index contributed by atoms with van der Waals surface area (Å²) in [5, 5.41) is 39.4. The predicted octanol–water partition coefficient (Wildman–Crippen LogP) is -0.199. The molecular formula is C12H15NO7. The Morgan fingerprint density at radius 1 is 1.15 bits per heavy atom. The minimum atomic E-state index is -1.42. The molecule has 1 aromatic carbocycles. The third-order valence-corrected chi connectivity index (χ3v) is 3.11. The standard InChI is InChI=1S/C12H15NO7/c1-6-9(14)10(15)11(16)12(19-6)20-8-4-2-7(3-5-8)13(17)18/h2-6,9-12,14-16H,1H3/t6-,9-,10+,11+,12-/m1/s1. The Hall–Kier alpha value is -1.74. The number of nitro groups is 1. The van der Waals surface area contributed by atoms with Gasteiger partial charge in [0.2, 0.25) is 6.29 Å². The molecule has 1 heterocycles. The van der Waals surface area contributed by atoms with E-state index in [-0.39, 0.29) is 11.4 Å². The third-order valence-electron chi connectivity index (χ3n) is 3.11. The molecule has 1 saturated heterocycles. The van der Waals surface area contributed by atoms with Gasteiger partial charge in [-0.15, -0.1) is 0 Å². The molecule has 1 aromatic rings. The zero-order valence-electron chi connectivity index (χ0n) is 10.6. The molecule has 5 atom stereocenters. The number of hydrogen-bond donors (Lipinski definition) is 3. The summed E-state index contributed by atoms with van der Waals surface area (Å²) >= 11 is 0. The van der Waals surface area contributed by atoms with Crippen LogP contribution in [0.1, 0.15) is 6.92 Å². The van der Waals surface area contributed by atoms with Crippen LogP contribution in [0, 0.1) is 10.1 Å². The van der Waals surface area contributed by atoms with E-state index in [1.165, 1.54) is 31.2 Å². The molecule has 110 valence electrons. The summed E-state index contributed by atoms with van der Waals surface area (Å²) in [6.07, 6.45) is -5.89. The van der Waals surface area contributed by atoms with Gasteiger partial charge in [-0.25, -0.2) is 0 Å². The maximum atomic E-state index is 10.5. The highest BCUT2D eigenvalue weighted by atomic mass is 16.7. The number of non-ortho nitro benzene ring substituents is 1. The molecular weight excluding hydrogens is 270 g/mol. The molecule has 0 spiro atoms. The molecule has 3 N–H and O–H groups in total. The first-order valence-electron chi connectivity index (χ1n) is 6.01. The van der Waals surface area contributed by atoms with E-state index in [2.05, 4.69) is 0 Å². The van der Waals surface area contributed by atoms with E-state index in [1.54, 1.807) is 0 Å². The average molecular weight is 285 g/mol. The number of rotatable bonds is 3. The largest absolute Gasteiger partial charge is 0.462 e. The van der Waals surface area contributed by atoms with Crippen molar-refractivity contribution in [2.75, 3.05) is 0 Å². The molecule has 1 aliphatic rings. The summed E-state index contributed by atoms with van der Waals surface area (Å²) in [4.78, 5) is 9.97. The number of aliphatic hydroxyl groups is 3. The molecule has 8 nitrogen and oxygen atoms in total. The van der Waals surface area contributed by atoms with Crippen LogP contribution in [0.25, 0.3) is 0 Å². The summed E-state index contributed by atoms with van der Waals surface area (Å²) in [6, 6.07) is 5.21. The number of benzene rings is 1. The van der Waals surface area contributed by atoms with Crippen molar-refractivity contribution in [3.05, 3.63) is 34.4 Å². The SMILES string of the molecule is C[C@H]1O[C@H](Oc2ccc([N+](=O)[O-])cc2)[C@@H](O)[C@@H](O)[C@@H]1O. The van der Waals surface area contributed by atoms with E-state index in [4.69, 9.17) is 9.47 Å². The highest BCUT2D eigenvalue weighted by Crippen LogP contribution is 2.25. The van der Waals surface area contributed by atoms with Crippen LogP contribution in [0.3, 0.4) is 0 Å². The first kappa shape index (κ1) is 14.7. The van der Waals surface area contributed by atoms with Crippen LogP contribution in [-0.4, -0.2) is 50.9 Å². The Bertz CT molecular complexity index is 477. The fourth-order valence-corrected chi connectivity index (χ4v) is 1.89. The molecule has 8 heteroatoms. The second kappa shape index (κ2) is 5.71. The van der Waals surface area contributed by atoms with Gasteiger partial charge in [0.1, 0.15) is 24.1 Å². The van der Waals surface area contributed by atoms with Crippen molar-refractivity contribution < 1.29 is 29.7 Å². The number of ether oxygens (including phenoxy) is 2. The van der Waals surface area contributed by atoms with Crippen molar-refractivity contribution in [1.82, 2.24) is 0 Å². The lowest BCUT2D eigenvalue weighted by molar-refractivity contribution is -0.384. The van der Waals surface area contributed by atoms with Gasteiger partial charge in [-0.2, -0.15) is 0 Å². The molecule has 20 heavy (non-hydrogen) atoms. The minimum Gasteiger partial charge on any atom is -0.462 e. The molecule has 0 unspecified atom stereocenters. The van der Waals surface area contributed by atoms with E-state index in [0.717, 1.165) is 0 Å². The summed E-state index contributed by atoms with van der Waals surface area (Å²) in [6.45, 7) is 1.53. The summed E-state index contributed by atoms with van der Waals surface area (Å²) < 4.78 is 10.6. The van der Waals surface area contributed by atoms with Crippen LogP contribution in [0.5, 0.6) is 5.75 Å². The molecule has 0 bridgehead atoms. The fraction of sp³-hybridized carbons (Fsp3) is 0.500. The van der Waals surface area contributed by atoms with Crippen LogP contribution in [-0.2, 0) is 4.74 Å². The van der Waals surface area contributed by atoms with Gasteiger partial charge in [0.25, 0.3) is 5.69 Å². The minimum absolute atomic E-state index is 0.0914. The van der Waals surface area contributed by atoms with Crippen molar-refractivity contribution in [2.24, 2.45) is 0 Å². The molecule has 0 aliphatic carbocycles. The van der Waals surface area contributed by atoms with Gasteiger partial charge in [0.05, 0.1) is 11.0 Å². The lowest BCUT2D eigenvalue weighted by Gasteiger charge is -2.38. The Morgan fingerprint density at radius 2 is 1.75 bits per heavy atom. The van der Waals surface area contributed by atoms with E-state index in [0.29, 0.717) is 0 Å². The first-order valence-corrected chi connectivity index (χ1v) is 6.01. The van der Waals surface area contributed by atoms with E-state index in [9.17, 15) is 25.4 Å². The monoisotopic (exact) mass is 285 g/mol. The van der Waals surface area contributed by atoms with Crippen LogP contribution in [0.2, 0.25) is 0 Å². The number of nitro benzene ring substituents is 1. The smallest absolute Gasteiger partial charge is 0.269 e. The van der Waals surface area contributed by atoms with Crippen molar-refractivity contribution >= 4 is 5.69 Å². The zero-order valence-corrected chi connectivity index (χ0v) is 10.6. The Morgan fingerprint density at radius 3 is 2.30 bits per heavy atom. The van der Waals surface area contributed by atoms with Gasteiger partial charge >= 0.3 is 0 Å². The van der Waals surface area contributed by atoms with Crippen molar-refractivity contribution in [2.45, 2.75) is 37.6 Å². The maximum Gasteiger partial charge on any atom is 0.269 e. The van der Waals surface area contributed by atoms with E-state index in [1.807, 2.05) is 0 Å². The summed E-state index contributed by atoms with van der Waals surface area (Å²) in [5.41, 5.74) is -0.0914. The summed E-state index contributed by atoms with van der Waals surface area (Å²) in [7, 11) is 0. The van der Waals surface area contributed by atoms with Crippen molar-refractivity contribution in [1.29, 1.82) is 0 Å². The van der Waals surface area contributed by atoms with Crippen molar-refractivity contribution in [3.63, 3.8) is 0 Å². The fourth-order valence-electron chi connectivity index (χ4n) is 1.89. The number of aliphatic hydroxyl groups excluding tert-OH is 3. The third kappa shape index (κ3) is 2.88. The number of hydrogen-bond acceptors (Lipinski definition) is 7. The average Bonchev–Trinajstić information content (AvgIpc) is 2.43. The lowest BCUT2D eigenvalue weighted by atomic mass is 10.00. The predicted molar refractivity (Wildman–Crippen MR) is 66.1 cm³/mol. The lowest BCUT2D eigenvalue weighted by Crippen LogP contribution is -2.58. The topological polar surface area (TPSA) is 122 Å². The second-order valence-corrected chi connectivity index (χ2v) is 4.55. The van der Waals surface area contributed by atoms with Crippen LogP contribution in [0.4, 0.5) is 5.69 Å². The number of nitrogens with zero attached hydrogens (tertiary/aromatic N) is 1. The van der Waals surface area contributed by atoms with E-state index < -0.39 is 35.6 Å². The van der Waals surface area contributed by atoms with Gasteiger partial charge in [-0.1, -0.05) is 0 Å². The van der Waals surface area contributed by atoms with Gasteiger partial charge in [0, 0.05) is 12.1 Å². The Labute approximate surface area is 114 Å². The highest BCUT2D eigenvalue weighted by molar-refractivity contribution is 5.36. The Balaban J connectivity index is 2.07. The second-order valence-electron chi connectivity index (χ2n) is 4.55. The van der Waals surface area contributed by atoms with Crippen LogP contribution < -0.4 is 4.74 Å². The molecule has 1 fully saturated rings. The van der Waals surface area contributed by atoms with Crippen LogP contribution >= 0.6 is 0 Å². The molecule has 0 aromatic heterocycles. The first-order chi connectivity index (χ1) is 9.40. The van der Waals surface area contributed by atoms with Crippen LogP contribution in [0.15, 0.2) is 24.3 Å². The maximum absolute atomic E-state index is 10.5. The van der Waals surface area contributed by atoms with Gasteiger partial charge in [-0.05, 0) is 19.1 Å². The van der Waals surface area contributed by atoms with Gasteiger partial charge in [0.15, 0.2) is 0 Å². The molecule has 1 aliphatic heterocycles. The molecule has 0 radical (unpaired) electrons. The molecule has 0 amide bonds. The van der Waals surface area contributed by atoms with Gasteiger partial charge in [-0.3, -0.25) is 10.1 Å². The quantitative estimate of drug-likeness (QED) is 0.519. The Kier molecular flexibility index (Phi) is 4.19. The normalized spacial score (nSPS) is 33.7. The van der Waals surface area contributed by atoms with Gasteiger partial charge < -0.3 is 24.8 Å². The summed E-state index contributed by atoms with van der Waals surface area (Å²) in [5.74, 6) is 0.246. The van der Waals surface area contributed by atoms with E-state index >= 15 is 0 Å². The zero-order chi connectivity index (χ0) is 14.9.